The summed E-state index contributed by atoms with van der Waals surface area (Å²) in [5, 5.41) is 6.93. The molecule has 26 heavy (non-hydrogen) atoms. The van der Waals surface area contributed by atoms with Crippen molar-refractivity contribution in [2.24, 2.45) is 10.9 Å². The molecule has 2 atom stereocenters. The van der Waals surface area contributed by atoms with E-state index in [4.69, 9.17) is 9.73 Å². The molecular formula is C21H36N4O. The topological polar surface area (TPSA) is 48.9 Å². The zero-order chi connectivity index (χ0) is 18.6. The first-order valence-electron chi connectivity index (χ1n) is 10.1. The number of aliphatic imine (C=N–C) groups is 1. The molecule has 0 aliphatic carbocycles. The second-order valence-electron chi connectivity index (χ2n) is 7.31. The van der Waals surface area contributed by atoms with Gasteiger partial charge in [-0.25, -0.2) is 0 Å². The molecule has 1 fully saturated rings. The second kappa shape index (κ2) is 11.9. The quantitative estimate of drug-likeness (QED) is 0.525. The van der Waals surface area contributed by atoms with Gasteiger partial charge in [-0.3, -0.25) is 9.89 Å². The number of nitrogens with zero attached hydrogens (tertiary/aromatic N) is 2. The average Bonchev–Trinajstić information content (AvgIpc) is 2.66. The van der Waals surface area contributed by atoms with Crippen LogP contribution >= 0.6 is 0 Å². The minimum absolute atomic E-state index is 0.391. The van der Waals surface area contributed by atoms with Crippen molar-refractivity contribution in [3.05, 3.63) is 35.9 Å². The van der Waals surface area contributed by atoms with Crippen molar-refractivity contribution in [3.8, 4) is 0 Å². The zero-order valence-corrected chi connectivity index (χ0v) is 16.7. The first-order valence-corrected chi connectivity index (χ1v) is 10.1. The molecule has 0 bridgehead atoms. The Balaban J connectivity index is 1.75. The molecule has 2 rings (SSSR count). The molecule has 1 saturated heterocycles. The predicted octanol–water partition coefficient (Wildman–Crippen LogP) is 2.53. The van der Waals surface area contributed by atoms with Crippen molar-refractivity contribution in [2.45, 2.75) is 39.7 Å². The summed E-state index contributed by atoms with van der Waals surface area (Å²) in [6, 6.07) is 11.1. The van der Waals surface area contributed by atoms with E-state index in [9.17, 15) is 0 Å². The lowest BCUT2D eigenvalue weighted by Crippen LogP contribution is -2.43. The maximum absolute atomic E-state index is 5.42. The highest BCUT2D eigenvalue weighted by Gasteiger charge is 2.14. The maximum atomic E-state index is 5.42. The van der Waals surface area contributed by atoms with Crippen LogP contribution in [-0.4, -0.2) is 62.8 Å². The fourth-order valence-electron chi connectivity index (χ4n) is 3.18. The van der Waals surface area contributed by atoms with E-state index >= 15 is 0 Å². The minimum atomic E-state index is 0.391. The molecule has 146 valence electrons. The SMILES string of the molecule is CCNC(=NCC(C)CN1CCOCC1)NC(C)CCc1ccccc1. The lowest BCUT2D eigenvalue weighted by atomic mass is 10.1. The third kappa shape index (κ3) is 8.19. The molecule has 5 heteroatoms. The number of benzene rings is 1. The molecular weight excluding hydrogens is 324 g/mol. The van der Waals surface area contributed by atoms with Gasteiger partial charge in [-0.15, -0.1) is 0 Å². The van der Waals surface area contributed by atoms with Gasteiger partial charge >= 0.3 is 0 Å². The van der Waals surface area contributed by atoms with Crippen LogP contribution in [0.25, 0.3) is 0 Å². The Hall–Kier alpha value is -1.59. The first-order chi connectivity index (χ1) is 12.7. The van der Waals surface area contributed by atoms with Crippen LogP contribution in [0.4, 0.5) is 0 Å². The number of guanidine groups is 1. The maximum Gasteiger partial charge on any atom is 0.191 e. The smallest absolute Gasteiger partial charge is 0.191 e. The van der Waals surface area contributed by atoms with E-state index in [0.29, 0.717) is 12.0 Å². The van der Waals surface area contributed by atoms with Crippen LogP contribution in [-0.2, 0) is 11.2 Å². The summed E-state index contributed by atoms with van der Waals surface area (Å²) in [5.41, 5.74) is 1.39. The van der Waals surface area contributed by atoms with E-state index in [2.05, 4.69) is 66.6 Å². The number of rotatable bonds is 9. The van der Waals surface area contributed by atoms with E-state index in [1.165, 1.54) is 5.56 Å². The van der Waals surface area contributed by atoms with Gasteiger partial charge in [-0.2, -0.15) is 0 Å². The van der Waals surface area contributed by atoms with E-state index in [1.54, 1.807) is 0 Å². The monoisotopic (exact) mass is 360 g/mol. The summed E-state index contributed by atoms with van der Waals surface area (Å²) in [7, 11) is 0. The molecule has 1 aromatic carbocycles. The second-order valence-corrected chi connectivity index (χ2v) is 7.31. The Morgan fingerprint density at radius 1 is 1.19 bits per heavy atom. The largest absolute Gasteiger partial charge is 0.379 e. The number of hydrogen-bond donors (Lipinski definition) is 2. The number of nitrogens with one attached hydrogen (secondary N) is 2. The van der Waals surface area contributed by atoms with Crippen molar-refractivity contribution in [1.29, 1.82) is 0 Å². The van der Waals surface area contributed by atoms with Gasteiger partial charge in [-0.05, 0) is 38.2 Å². The van der Waals surface area contributed by atoms with Crippen LogP contribution in [0, 0.1) is 5.92 Å². The van der Waals surface area contributed by atoms with Crippen LogP contribution in [0.5, 0.6) is 0 Å². The van der Waals surface area contributed by atoms with Gasteiger partial charge < -0.3 is 15.4 Å². The van der Waals surface area contributed by atoms with E-state index < -0.39 is 0 Å². The lowest BCUT2D eigenvalue weighted by Gasteiger charge is -2.28. The average molecular weight is 361 g/mol. The summed E-state index contributed by atoms with van der Waals surface area (Å²) in [6.07, 6.45) is 2.18. The highest BCUT2D eigenvalue weighted by molar-refractivity contribution is 5.80. The van der Waals surface area contributed by atoms with Crippen LogP contribution in [0.1, 0.15) is 32.8 Å². The Kier molecular flexibility index (Phi) is 9.50. The van der Waals surface area contributed by atoms with Crippen molar-refractivity contribution in [2.75, 3.05) is 45.9 Å². The minimum Gasteiger partial charge on any atom is -0.379 e. The molecule has 1 aromatic rings. The summed E-state index contributed by atoms with van der Waals surface area (Å²) >= 11 is 0. The van der Waals surface area contributed by atoms with Crippen molar-refractivity contribution in [3.63, 3.8) is 0 Å². The molecule has 2 unspecified atom stereocenters. The van der Waals surface area contributed by atoms with Gasteiger partial charge in [0.05, 0.1) is 13.2 Å². The van der Waals surface area contributed by atoms with E-state index in [1.807, 2.05) is 0 Å². The Bertz CT molecular complexity index is 514. The molecule has 0 radical (unpaired) electrons. The van der Waals surface area contributed by atoms with Crippen molar-refractivity contribution < 1.29 is 4.74 Å². The zero-order valence-electron chi connectivity index (χ0n) is 16.7. The fraction of sp³-hybridized carbons (Fsp3) is 0.667. The molecule has 0 spiro atoms. The number of morpholine rings is 1. The van der Waals surface area contributed by atoms with Gasteiger partial charge in [0.15, 0.2) is 5.96 Å². The molecule has 0 saturated carbocycles. The highest BCUT2D eigenvalue weighted by atomic mass is 16.5. The molecule has 0 amide bonds. The third-order valence-corrected chi connectivity index (χ3v) is 4.67. The van der Waals surface area contributed by atoms with Crippen LogP contribution in [0.3, 0.4) is 0 Å². The van der Waals surface area contributed by atoms with Crippen molar-refractivity contribution >= 4 is 5.96 Å². The molecule has 1 aliphatic rings. The van der Waals surface area contributed by atoms with Crippen LogP contribution < -0.4 is 10.6 Å². The predicted molar refractivity (Wildman–Crippen MR) is 110 cm³/mol. The standard InChI is InChI=1S/C21H36N4O/c1-4-22-21(23-16-18(2)17-25-12-14-26-15-13-25)24-19(3)10-11-20-8-6-5-7-9-20/h5-9,18-19H,4,10-17H2,1-3H3,(H2,22,23,24). The molecule has 0 aromatic heterocycles. The number of aryl methyl sites for hydroxylation is 1. The Morgan fingerprint density at radius 2 is 1.92 bits per heavy atom. The van der Waals surface area contributed by atoms with Crippen molar-refractivity contribution in [1.82, 2.24) is 15.5 Å². The van der Waals surface area contributed by atoms with E-state index in [0.717, 1.165) is 64.7 Å². The molecule has 1 heterocycles. The summed E-state index contributed by atoms with van der Waals surface area (Å²) in [5.74, 6) is 1.48. The van der Waals surface area contributed by atoms with Crippen LogP contribution in [0.2, 0.25) is 0 Å². The first kappa shape index (κ1) is 20.7. The van der Waals surface area contributed by atoms with Gasteiger partial charge in [0.25, 0.3) is 0 Å². The van der Waals surface area contributed by atoms with E-state index in [-0.39, 0.29) is 0 Å². The molecule has 1 aliphatic heterocycles. The Morgan fingerprint density at radius 3 is 2.62 bits per heavy atom. The lowest BCUT2D eigenvalue weighted by molar-refractivity contribution is 0.0323. The summed E-state index contributed by atoms with van der Waals surface area (Å²) in [4.78, 5) is 7.29. The highest BCUT2D eigenvalue weighted by Crippen LogP contribution is 2.06. The number of ether oxygens (including phenoxy) is 1. The normalized spacial score (nSPS) is 18.3. The fourth-order valence-corrected chi connectivity index (χ4v) is 3.18. The van der Waals surface area contributed by atoms with Gasteiger partial charge in [-0.1, -0.05) is 37.3 Å². The van der Waals surface area contributed by atoms with Crippen LogP contribution in [0.15, 0.2) is 35.3 Å². The van der Waals surface area contributed by atoms with Gasteiger partial charge in [0.1, 0.15) is 0 Å². The summed E-state index contributed by atoms with van der Waals surface area (Å²) in [6.45, 7) is 13.3. The molecule has 2 N–H and O–H groups in total. The third-order valence-electron chi connectivity index (χ3n) is 4.67. The Labute approximate surface area is 159 Å². The molecule has 5 nitrogen and oxygen atoms in total. The number of hydrogen-bond acceptors (Lipinski definition) is 3. The van der Waals surface area contributed by atoms with Gasteiger partial charge in [0, 0.05) is 38.8 Å². The summed E-state index contributed by atoms with van der Waals surface area (Å²) < 4.78 is 5.42. The van der Waals surface area contributed by atoms with Gasteiger partial charge in [0.2, 0.25) is 0 Å².